The molecule has 1 aliphatic heterocycles. The van der Waals surface area contributed by atoms with Crippen LogP contribution in [0.25, 0.3) is 0 Å². The fourth-order valence-corrected chi connectivity index (χ4v) is 3.57. The Hall–Kier alpha value is -1.44. The molecule has 1 unspecified atom stereocenters. The van der Waals surface area contributed by atoms with Crippen molar-refractivity contribution in [2.75, 3.05) is 13.6 Å². The molecule has 0 bridgehead atoms. The number of sulfonamides is 1. The van der Waals surface area contributed by atoms with Gasteiger partial charge >= 0.3 is 0 Å². The van der Waals surface area contributed by atoms with Gasteiger partial charge in [0.15, 0.2) is 0 Å². The number of rotatable bonds is 5. The molecule has 1 aromatic rings. The largest absolute Gasteiger partial charge is 0.349 e. The van der Waals surface area contributed by atoms with Crippen molar-refractivity contribution in [3.05, 3.63) is 29.8 Å². The van der Waals surface area contributed by atoms with Crippen LogP contribution in [0.1, 0.15) is 38.3 Å². The predicted molar refractivity (Wildman–Crippen MR) is 89.4 cm³/mol. The molecule has 1 fully saturated rings. The first-order valence-corrected chi connectivity index (χ1v) is 9.39. The van der Waals surface area contributed by atoms with Gasteiger partial charge in [-0.3, -0.25) is 4.79 Å². The summed E-state index contributed by atoms with van der Waals surface area (Å²) >= 11 is 0. The van der Waals surface area contributed by atoms with E-state index in [0.29, 0.717) is 6.04 Å². The van der Waals surface area contributed by atoms with E-state index >= 15 is 0 Å². The van der Waals surface area contributed by atoms with Crippen LogP contribution < -0.4 is 15.4 Å². The molecule has 0 aromatic heterocycles. The van der Waals surface area contributed by atoms with Gasteiger partial charge in [-0.05, 0) is 58.0 Å². The van der Waals surface area contributed by atoms with E-state index in [0.717, 1.165) is 24.9 Å². The molecule has 7 heteroatoms. The normalized spacial score (nSPS) is 23.3. The van der Waals surface area contributed by atoms with Gasteiger partial charge in [-0.25, -0.2) is 13.1 Å². The summed E-state index contributed by atoms with van der Waals surface area (Å²) in [5, 5.41) is 6.36. The zero-order valence-corrected chi connectivity index (χ0v) is 14.6. The Kier molecular flexibility index (Phi) is 5.78. The number of piperidine rings is 1. The van der Waals surface area contributed by atoms with Gasteiger partial charge in [0.1, 0.15) is 0 Å². The first-order valence-electron chi connectivity index (χ1n) is 7.90. The first kappa shape index (κ1) is 17.9. The lowest BCUT2D eigenvalue weighted by atomic mass is 9.92. The summed E-state index contributed by atoms with van der Waals surface area (Å²) in [6.07, 6.45) is 1.69. The third-order valence-corrected chi connectivity index (χ3v) is 5.74. The molecular weight excluding hydrogens is 314 g/mol. The van der Waals surface area contributed by atoms with Gasteiger partial charge in [0, 0.05) is 12.0 Å². The molecule has 1 amide bonds. The molecule has 1 heterocycles. The summed E-state index contributed by atoms with van der Waals surface area (Å²) < 4.78 is 25.7. The van der Waals surface area contributed by atoms with Crippen molar-refractivity contribution in [2.45, 2.75) is 43.7 Å². The minimum Gasteiger partial charge on any atom is -0.349 e. The van der Waals surface area contributed by atoms with Crippen molar-refractivity contribution in [3.8, 4) is 0 Å². The average molecular weight is 339 g/mol. The molecule has 128 valence electrons. The van der Waals surface area contributed by atoms with E-state index in [1.54, 1.807) is 24.3 Å². The van der Waals surface area contributed by atoms with E-state index in [1.165, 1.54) is 7.05 Å². The number of hydrogen-bond donors (Lipinski definition) is 3. The summed E-state index contributed by atoms with van der Waals surface area (Å²) in [7, 11) is -2.05. The van der Waals surface area contributed by atoms with Crippen LogP contribution in [0.2, 0.25) is 0 Å². The van der Waals surface area contributed by atoms with E-state index in [1.807, 2.05) is 6.92 Å². The topological polar surface area (TPSA) is 87.3 Å². The maximum absolute atomic E-state index is 12.4. The van der Waals surface area contributed by atoms with Crippen LogP contribution in [0.5, 0.6) is 0 Å². The summed E-state index contributed by atoms with van der Waals surface area (Å²) in [6.45, 7) is 4.86. The van der Waals surface area contributed by atoms with Gasteiger partial charge in [-0.2, -0.15) is 0 Å². The van der Waals surface area contributed by atoms with Crippen LogP contribution in [0, 0.1) is 5.92 Å². The zero-order chi connectivity index (χ0) is 17.0. The molecule has 3 atom stereocenters. The van der Waals surface area contributed by atoms with Crippen molar-refractivity contribution in [3.63, 3.8) is 0 Å². The minimum atomic E-state index is -3.43. The molecule has 3 N–H and O–H groups in total. The van der Waals surface area contributed by atoms with Crippen molar-refractivity contribution in [1.29, 1.82) is 0 Å². The Balaban J connectivity index is 2.00. The van der Waals surface area contributed by atoms with E-state index in [2.05, 4.69) is 22.3 Å². The number of carbonyl (C=O) groups is 1. The quantitative estimate of drug-likeness (QED) is 0.751. The molecule has 0 radical (unpaired) electrons. The summed E-state index contributed by atoms with van der Waals surface area (Å²) in [6, 6.07) is 6.78. The van der Waals surface area contributed by atoms with Gasteiger partial charge in [-0.1, -0.05) is 12.1 Å². The predicted octanol–water partition coefficient (Wildman–Crippen LogP) is 1.16. The van der Waals surface area contributed by atoms with Crippen molar-refractivity contribution in [2.24, 2.45) is 5.92 Å². The summed E-state index contributed by atoms with van der Waals surface area (Å²) in [5.74, 6) is 0.107. The fourth-order valence-electron chi connectivity index (χ4n) is 2.84. The molecule has 1 saturated heterocycles. The van der Waals surface area contributed by atoms with E-state index in [9.17, 15) is 13.2 Å². The molecule has 0 aliphatic carbocycles. The summed E-state index contributed by atoms with van der Waals surface area (Å²) in [5.41, 5.74) is 0.885. The standard InChI is InChI=1S/C16H25N3O3S/c1-11-10-14(8-9-18-11)16(20)19-12(2)13-4-6-15(7-5-13)23(21,22)17-3/h4-7,11-12,14,17-18H,8-10H2,1-3H3,(H,19,20)/t11-,12?,14-/m0/s1. The third kappa shape index (κ3) is 4.53. The molecule has 23 heavy (non-hydrogen) atoms. The fraction of sp³-hybridized carbons (Fsp3) is 0.562. The molecule has 1 aromatic carbocycles. The number of nitrogens with one attached hydrogen (secondary N) is 3. The Bertz CT molecular complexity index is 643. The highest BCUT2D eigenvalue weighted by Gasteiger charge is 2.25. The monoisotopic (exact) mass is 339 g/mol. The Labute approximate surface area is 138 Å². The van der Waals surface area contributed by atoms with Gasteiger partial charge in [-0.15, -0.1) is 0 Å². The number of amides is 1. The van der Waals surface area contributed by atoms with Gasteiger partial charge in [0.05, 0.1) is 10.9 Å². The second-order valence-electron chi connectivity index (χ2n) is 6.08. The number of benzene rings is 1. The molecule has 1 aliphatic rings. The van der Waals surface area contributed by atoms with Crippen LogP contribution in [-0.2, 0) is 14.8 Å². The molecule has 0 saturated carbocycles. The lowest BCUT2D eigenvalue weighted by Crippen LogP contribution is -2.42. The smallest absolute Gasteiger partial charge is 0.240 e. The second kappa shape index (κ2) is 7.42. The number of carbonyl (C=O) groups excluding carboxylic acids is 1. The molecule has 2 rings (SSSR count). The van der Waals surface area contributed by atoms with Crippen LogP contribution in [0.3, 0.4) is 0 Å². The molecular formula is C16H25N3O3S. The van der Waals surface area contributed by atoms with E-state index in [4.69, 9.17) is 0 Å². The molecule has 0 spiro atoms. The van der Waals surface area contributed by atoms with Crippen molar-refractivity contribution < 1.29 is 13.2 Å². The highest BCUT2D eigenvalue weighted by molar-refractivity contribution is 7.89. The molecule has 6 nitrogen and oxygen atoms in total. The van der Waals surface area contributed by atoms with Crippen LogP contribution in [-0.4, -0.2) is 34.0 Å². The van der Waals surface area contributed by atoms with Crippen molar-refractivity contribution >= 4 is 15.9 Å². The zero-order valence-electron chi connectivity index (χ0n) is 13.8. The number of hydrogen-bond acceptors (Lipinski definition) is 4. The highest BCUT2D eigenvalue weighted by Crippen LogP contribution is 2.20. The second-order valence-corrected chi connectivity index (χ2v) is 7.97. The maximum atomic E-state index is 12.4. The Morgan fingerprint density at radius 3 is 2.52 bits per heavy atom. The van der Waals surface area contributed by atoms with Gasteiger partial charge in [0.25, 0.3) is 0 Å². The lowest BCUT2D eigenvalue weighted by Gasteiger charge is -2.28. The van der Waals surface area contributed by atoms with Gasteiger partial charge < -0.3 is 10.6 Å². The first-order chi connectivity index (χ1) is 10.8. The van der Waals surface area contributed by atoms with E-state index in [-0.39, 0.29) is 22.8 Å². The lowest BCUT2D eigenvalue weighted by molar-refractivity contribution is -0.126. The SMILES string of the molecule is CNS(=O)(=O)c1ccc(C(C)NC(=O)[C@H]2CCN[C@@H](C)C2)cc1. The Morgan fingerprint density at radius 2 is 1.96 bits per heavy atom. The van der Waals surface area contributed by atoms with Crippen LogP contribution in [0.4, 0.5) is 0 Å². The van der Waals surface area contributed by atoms with Crippen LogP contribution in [0.15, 0.2) is 29.2 Å². The highest BCUT2D eigenvalue weighted by atomic mass is 32.2. The third-order valence-electron chi connectivity index (χ3n) is 4.31. The minimum absolute atomic E-state index is 0.0395. The van der Waals surface area contributed by atoms with Gasteiger partial charge in [0.2, 0.25) is 15.9 Å². The van der Waals surface area contributed by atoms with Crippen molar-refractivity contribution in [1.82, 2.24) is 15.4 Å². The van der Waals surface area contributed by atoms with Crippen LogP contribution >= 0.6 is 0 Å². The Morgan fingerprint density at radius 1 is 1.30 bits per heavy atom. The van der Waals surface area contributed by atoms with E-state index < -0.39 is 10.0 Å². The average Bonchev–Trinajstić information content (AvgIpc) is 2.55. The maximum Gasteiger partial charge on any atom is 0.240 e. The summed E-state index contributed by atoms with van der Waals surface area (Å²) in [4.78, 5) is 12.6.